The summed E-state index contributed by atoms with van der Waals surface area (Å²) in [6.45, 7) is 0.0987. The van der Waals surface area contributed by atoms with E-state index in [2.05, 4.69) is 57.7 Å². The Bertz CT molecular complexity index is 685. The summed E-state index contributed by atoms with van der Waals surface area (Å²) in [7, 11) is 0. The molecule has 0 saturated carbocycles. The SMILES string of the molecule is OCc1ccc2c(-c3ccc(Br)cc3)csc2c1. The quantitative estimate of drug-likeness (QED) is 0.718. The average Bonchev–Trinajstić information content (AvgIpc) is 2.82. The summed E-state index contributed by atoms with van der Waals surface area (Å²) in [6, 6.07) is 14.5. The van der Waals surface area contributed by atoms with Gasteiger partial charge in [-0.15, -0.1) is 11.3 Å². The predicted octanol–water partition coefficient (Wildman–Crippen LogP) is 4.82. The Morgan fingerprint density at radius 3 is 2.56 bits per heavy atom. The van der Waals surface area contributed by atoms with E-state index in [9.17, 15) is 0 Å². The van der Waals surface area contributed by atoms with Gasteiger partial charge in [-0.1, -0.05) is 40.2 Å². The lowest BCUT2D eigenvalue weighted by atomic mass is 10.0. The Morgan fingerprint density at radius 1 is 1.06 bits per heavy atom. The summed E-state index contributed by atoms with van der Waals surface area (Å²) in [5.41, 5.74) is 3.44. The Morgan fingerprint density at radius 2 is 1.83 bits per heavy atom. The molecule has 0 amide bonds. The zero-order chi connectivity index (χ0) is 12.5. The molecule has 3 rings (SSSR count). The van der Waals surface area contributed by atoms with Crippen molar-refractivity contribution in [1.82, 2.24) is 0 Å². The van der Waals surface area contributed by atoms with Crippen molar-refractivity contribution in [2.45, 2.75) is 6.61 Å². The maximum absolute atomic E-state index is 9.15. The zero-order valence-corrected chi connectivity index (χ0v) is 12.0. The number of fused-ring (bicyclic) bond motifs is 1. The largest absolute Gasteiger partial charge is 0.392 e. The fraction of sp³-hybridized carbons (Fsp3) is 0.0667. The second-order valence-electron chi connectivity index (χ2n) is 4.14. The molecule has 2 aromatic carbocycles. The Labute approximate surface area is 118 Å². The molecular formula is C15H11BrOS. The number of aliphatic hydroxyl groups excluding tert-OH is 1. The van der Waals surface area contributed by atoms with Crippen LogP contribution >= 0.6 is 27.3 Å². The normalized spacial score (nSPS) is 11.0. The van der Waals surface area contributed by atoms with Crippen LogP contribution < -0.4 is 0 Å². The number of thiophene rings is 1. The minimum absolute atomic E-state index is 0.0987. The molecule has 18 heavy (non-hydrogen) atoms. The van der Waals surface area contributed by atoms with Crippen LogP contribution in [-0.2, 0) is 6.61 Å². The maximum atomic E-state index is 9.15. The summed E-state index contributed by atoms with van der Waals surface area (Å²) < 4.78 is 2.31. The molecule has 0 saturated heterocycles. The highest BCUT2D eigenvalue weighted by atomic mass is 79.9. The van der Waals surface area contributed by atoms with Crippen LogP contribution in [0.4, 0.5) is 0 Å². The van der Waals surface area contributed by atoms with Gasteiger partial charge in [0.2, 0.25) is 0 Å². The number of hydrogen-bond acceptors (Lipinski definition) is 2. The number of halogens is 1. The number of rotatable bonds is 2. The van der Waals surface area contributed by atoms with Crippen LogP contribution in [0, 0.1) is 0 Å². The number of benzene rings is 2. The van der Waals surface area contributed by atoms with Crippen LogP contribution in [0.1, 0.15) is 5.56 Å². The van der Waals surface area contributed by atoms with Gasteiger partial charge in [0.15, 0.2) is 0 Å². The van der Waals surface area contributed by atoms with Crippen molar-refractivity contribution in [1.29, 1.82) is 0 Å². The summed E-state index contributed by atoms with van der Waals surface area (Å²) in [5.74, 6) is 0. The van der Waals surface area contributed by atoms with Gasteiger partial charge in [0.1, 0.15) is 0 Å². The van der Waals surface area contributed by atoms with Crippen LogP contribution in [0.25, 0.3) is 21.2 Å². The fourth-order valence-corrected chi connectivity index (χ4v) is 3.32. The van der Waals surface area contributed by atoms with E-state index in [0.29, 0.717) is 0 Å². The molecule has 0 unspecified atom stereocenters. The second-order valence-corrected chi connectivity index (χ2v) is 5.97. The van der Waals surface area contributed by atoms with E-state index in [0.717, 1.165) is 10.0 Å². The Balaban J connectivity index is 2.15. The lowest BCUT2D eigenvalue weighted by Crippen LogP contribution is -1.81. The topological polar surface area (TPSA) is 20.2 Å². The third-order valence-corrected chi connectivity index (χ3v) is 4.45. The molecule has 0 spiro atoms. The van der Waals surface area contributed by atoms with Crippen molar-refractivity contribution in [2.75, 3.05) is 0 Å². The molecule has 3 heteroatoms. The van der Waals surface area contributed by atoms with Crippen LogP contribution in [0.3, 0.4) is 0 Å². The van der Waals surface area contributed by atoms with Gasteiger partial charge in [-0.25, -0.2) is 0 Å². The fourth-order valence-electron chi connectivity index (χ4n) is 2.02. The van der Waals surface area contributed by atoms with Crippen molar-refractivity contribution in [3.05, 3.63) is 57.9 Å². The highest BCUT2D eigenvalue weighted by Gasteiger charge is 2.06. The van der Waals surface area contributed by atoms with Crippen molar-refractivity contribution < 1.29 is 5.11 Å². The van der Waals surface area contributed by atoms with E-state index < -0.39 is 0 Å². The molecule has 1 N–H and O–H groups in total. The first-order valence-electron chi connectivity index (χ1n) is 5.65. The van der Waals surface area contributed by atoms with E-state index in [1.54, 1.807) is 11.3 Å². The van der Waals surface area contributed by atoms with E-state index >= 15 is 0 Å². The smallest absolute Gasteiger partial charge is 0.0682 e. The third-order valence-electron chi connectivity index (χ3n) is 2.98. The van der Waals surface area contributed by atoms with E-state index in [1.807, 2.05) is 6.07 Å². The van der Waals surface area contributed by atoms with Crippen LogP contribution in [0.5, 0.6) is 0 Å². The van der Waals surface area contributed by atoms with Gasteiger partial charge in [0, 0.05) is 20.1 Å². The van der Waals surface area contributed by atoms with Gasteiger partial charge in [0.25, 0.3) is 0 Å². The van der Waals surface area contributed by atoms with Gasteiger partial charge in [-0.2, -0.15) is 0 Å². The monoisotopic (exact) mass is 318 g/mol. The van der Waals surface area contributed by atoms with E-state index in [1.165, 1.54) is 21.2 Å². The van der Waals surface area contributed by atoms with E-state index in [-0.39, 0.29) is 6.61 Å². The lowest BCUT2D eigenvalue weighted by molar-refractivity contribution is 0.282. The molecule has 0 atom stereocenters. The Kier molecular flexibility index (Phi) is 3.20. The Hall–Kier alpha value is -1.16. The molecule has 1 aromatic heterocycles. The van der Waals surface area contributed by atoms with Crippen molar-refractivity contribution in [3.8, 4) is 11.1 Å². The summed E-state index contributed by atoms with van der Waals surface area (Å²) in [6.07, 6.45) is 0. The van der Waals surface area contributed by atoms with Gasteiger partial charge in [-0.3, -0.25) is 0 Å². The highest BCUT2D eigenvalue weighted by molar-refractivity contribution is 9.10. The molecule has 3 aromatic rings. The third kappa shape index (κ3) is 2.09. The average molecular weight is 319 g/mol. The summed E-state index contributed by atoms with van der Waals surface area (Å²) in [5, 5.41) is 12.6. The molecule has 0 bridgehead atoms. The van der Waals surface area contributed by atoms with Crippen molar-refractivity contribution in [3.63, 3.8) is 0 Å². The molecule has 0 aliphatic heterocycles. The number of hydrogen-bond donors (Lipinski definition) is 1. The molecule has 0 aliphatic rings. The minimum Gasteiger partial charge on any atom is -0.392 e. The second kappa shape index (κ2) is 4.84. The first kappa shape index (κ1) is 11.9. The predicted molar refractivity (Wildman–Crippen MR) is 80.9 cm³/mol. The van der Waals surface area contributed by atoms with Gasteiger partial charge < -0.3 is 5.11 Å². The number of aliphatic hydroxyl groups is 1. The van der Waals surface area contributed by atoms with E-state index in [4.69, 9.17) is 5.11 Å². The molecule has 0 radical (unpaired) electrons. The van der Waals surface area contributed by atoms with Crippen LogP contribution in [-0.4, -0.2) is 5.11 Å². The maximum Gasteiger partial charge on any atom is 0.0682 e. The minimum atomic E-state index is 0.0987. The summed E-state index contributed by atoms with van der Waals surface area (Å²) in [4.78, 5) is 0. The molecule has 1 heterocycles. The van der Waals surface area contributed by atoms with Crippen molar-refractivity contribution in [2.24, 2.45) is 0 Å². The standard InChI is InChI=1S/C15H11BrOS/c16-12-4-2-11(3-5-12)14-9-18-15-7-10(8-17)1-6-13(14)15/h1-7,9,17H,8H2. The van der Waals surface area contributed by atoms with Crippen LogP contribution in [0.2, 0.25) is 0 Å². The first-order chi connectivity index (χ1) is 8.78. The van der Waals surface area contributed by atoms with Gasteiger partial charge in [-0.05, 0) is 34.7 Å². The van der Waals surface area contributed by atoms with Gasteiger partial charge >= 0.3 is 0 Å². The van der Waals surface area contributed by atoms with Gasteiger partial charge in [0.05, 0.1) is 6.61 Å². The first-order valence-corrected chi connectivity index (χ1v) is 7.32. The molecule has 0 aliphatic carbocycles. The molecular weight excluding hydrogens is 308 g/mol. The molecule has 1 nitrogen and oxygen atoms in total. The molecule has 90 valence electrons. The highest BCUT2D eigenvalue weighted by Crippen LogP contribution is 2.34. The lowest BCUT2D eigenvalue weighted by Gasteiger charge is -2.01. The zero-order valence-electron chi connectivity index (χ0n) is 9.56. The summed E-state index contributed by atoms with van der Waals surface area (Å²) >= 11 is 5.17. The molecule has 0 fully saturated rings. The van der Waals surface area contributed by atoms with Crippen molar-refractivity contribution >= 4 is 37.4 Å². The van der Waals surface area contributed by atoms with Crippen LogP contribution in [0.15, 0.2) is 52.3 Å².